The molecule has 0 rings (SSSR count). The Bertz CT molecular complexity index is 193. The molecule has 0 spiro atoms. The van der Waals surface area contributed by atoms with Crippen LogP contribution in [0.15, 0.2) is 0 Å². The van der Waals surface area contributed by atoms with E-state index in [-0.39, 0.29) is 16.5 Å². The molecule has 0 saturated heterocycles. The number of hydrogen-bond donors (Lipinski definition) is 0. The summed E-state index contributed by atoms with van der Waals surface area (Å²) in [5.74, 6) is 1.72. The van der Waals surface area contributed by atoms with Crippen LogP contribution in [0, 0.1) is 11.8 Å². The molecule has 0 saturated carbocycles. The van der Waals surface area contributed by atoms with Gasteiger partial charge >= 0.3 is 16.5 Å². The van der Waals surface area contributed by atoms with E-state index in [1.807, 2.05) is 0 Å². The second-order valence-corrected chi connectivity index (χ2v) is 10.4. The summed E-state index contributed by atoms with van der Waals surface area (Å²) in [7, 11) is 0. The monoisotopic (exact) mass is 394 g/mol. The standard InChI is InChI=1S/C15H31O2.HI.Mg/c1-5-8-14(3)12-15(4)9-7-11-17-13-16-10-6-2;;/h5,14-15H,6-13H2,1-4H3;1H;/q;;+1/p-1. The quantitative estimate of drug-likeness (QED) is 0.188. The zero-order valence-corrected chi connectivity index (χ0v) is 16.9. The fourth-order valence-electron chi connectivity index (χ4n) is 2.51. The van der Waals surface area contributed by atoms with E-state index in [0.29, 0.717) is 6.79 Å². The minimum atomic E-state index is 0.168. The molecule has 0 aliphatic rings. The van der Waals surface area contributed by atoms with Gasteiger partial charge in [0.1, 0.15) is 6.79 Å². The van der Waals surface area contributed by atoms with E-state index >= 15 is 0 Å². The first-order valence-electron chi connectivity index (χ1n) is 7.81. The van der Waals surface area contributed by atoms with Gasteiger partial charge in [0.15, 0.2) is 0 Å². The smallest absolute Gasteiger partial charge is 0.355 e. The molecular formula is C15H31IMgO2. The zero-order valence-electron chi connectivity index (χ0n) is 13.3. The fraction of sp³-hybridized carbons (Fsp3) is 1.00. The summed E-state index contributed by atoms with van der Waals surface area (Å²) in [5.41, 5.74) is 0. The van der Waals surface area contributed by atoms with Crippen LogP contribution in [0.3, 0.4) is 0 Å². The lowest BCUT2D eigenvalue weighted by atomic mass is 9.91. The maximum absolute atomic E-state index is 5.46. The number of rotatable bonds is 13. The van der Waals surface area contributed by atoms with Crippen molar-refractivity contribution in [3.63, 3.8) is 0 Å². The second-order valence-electron chi connectivity index (χ2n) is 6.02. The lowest BCUT2D eigenvalue weighted by Crippen LogP contribution is -2.08. The maximum Gasteiger partial charge on any atom is 0.466 e. The molecule has 112 valence electrons. The highest BCUT2D eigenvalue weighted by Gasteiger charge is 2.13. The Morgan fingerprint density at radius 3 is 2.32 bits per heavy atom. The van der Waals surface area contributed by atoms with E-state index in [0.717, 1.165) is 35.5 Å². The summed E-state index contributed by atoms with van der Waals surface area (Å²) in [4.78, 5) is 0. The van der Waals surface area contributed by atoms with E-state index in [9.17, 15) is 0 Å². The Morgan fingerprint density at radius 1 is 1.00 bits per heavy atom. The first-order valence-corrected chi connectivity index (χ1v) is 13.7. The summed E-state index contributed by atoms with van der Waals surface area (Å²) in [6.45, 7) is 11.5. The van der Waals surface area contributed by atoms with Gasteiger partial charge in [0.25, 0.3) is 0 Å². The molecule has 0 fully saturated rings. The van der Waals surface area contributed by atoms with Gasteiger partial charge in [0, 0.05) is 13.2 Å². The summed E-state index contributed by atoms with van der Waals surface area (Å²) in [6.07, 6.45) is 6.33. The lowest BCUT2D eigenvalue weighted by Gasteiger charge is -2.19. The van der Waals surface area contributed by atoms with E-state index in [2.05, 4.69) is 46.5 Å². The van der Waals surface area contributed by atoms with Gasteiger partial charge in [0.05, 0.1) is 0 Å². The average molecular weight is 395 g/mol. The van der Waals surface area contributed by atoms with Crippen LogP contribution in [0.2, 0.25) is 4.05 Å². The number of ether oxygens (including phenoxy) is 2. The Labute approximate surface area is 139 Å². The highest BCUT2D eigenvalue weighted by Crippen LogP contribution is 2.25. The van der Waals surface area contributed by atoms with Gasteiger partial charge in [-0.3, -0.25) is 0 Å². The van der Waals surface area contributed by atoms with Gasteiger partial charge in [-0.15, -0.1) is 4.05 Å². The highest BCUT2D eigenvalue weighted by atomic mass is 127. The molecule has 0 aliphatic carbocycles. The van der Waals surface area contributed by atoms with Crippen molar-refractivity contribution in [1.82, 2.24) is 0 Å². The SMILES string of the molecule is CCCOCOCCCC(C)CC(C)C[CH](C)[Mg][I]. The van der Waals surface area contributed by atoms with Gasteiger partial charge in [-0.25, -0.2) is 0 Å². The van der Waals surface area contributed by atoms with Crippen molar-refractivity contribution in [2.24, 2.45) is 11.8 Å². The van der Waals surface area contributed by atoms with Gasteiger partial charge < -0.3 is 28.3 Å². The third-order valence-corrected chi connectivity index (χ3v) is 8.74. The number of hydrogen-bond acceptors (Lipinski definition) is 2. The van der Waals surface area contributed by atoms with Gasteiger partial charge in [-0.1, -0.05) is 34.1 Å². The van der Waals surface area contributed by atoms with Crippen molar-refractivity contribution < 1.29 is 9.47 Å². The maximum atomic E-state index is 5.46. The molecule has 0 N–H and O–H groups in total. The van der Waals surface area contributed by atoms with E-state index in [1.165, 1.54) is 25.7 Å². The molecular weight excluding hydrogens is 363 g/mol. The van der Waals surface area contributed by atoms with Crippen molar-refractivity contribution >= 4 is 35.3 Å². The molecule has 0 aliphatic heterocycles. The molecule has 0 amide bonds. The molecule has 3 atom stereocenters. The third kappa shape index (κ3) is 14.1. The normalized spacial score (nSPS) is 15.8. The van der Waals surface area contributed by atoms with Gasteiger partial charge in [-0.05, 0) is 37.5 Å². The summed E-state index contributed by atoms with van der Waals surface area (Å²) < 4.78 is 11.7. The molecule has 0 aromatic heterocycles. The van der Waals surface area contributed by atoms with E-state index in [4.69, 9.17) is 9.47 Å². The van der Waals surface area contributed by atoms with Crippen LogP contribution < -0.4 is 0 Å². The molecule has 0 aromatic rings. The Hall–Kier alpha value is 1.42. The summed E-state index contributed by atoms with van der Waals surface area (Å²) >= 11 is 2.80. The van der Waals surface area contributed by atoms with Gasteiger partial charge in [0.2, 0.25) is 0 Å². The van der Waals surface area contributed by atoms with E-state index < -0.39 is 0 Å². The fourth-order valence-corrected chi connectivity index (χ4v) is 4.28. The van der Waals surface area contributed by atoms with Crippen LogP contribution in [0.5, 0.6) is 0 Å². The zero-order chi connectivity index (χ0) is 14.5. The topological polar surface area (TPSA) is 18.5 Å². The highest BCUT2D eigenvalue weighted by molar-refractivity contribution is 14.1. The molecule has 2 nitrogen and oxygen atoms in total. The Morgan fingerprint density at radius 2 is 1.68 bits per heavy atom. The summed E-state index contributed by atoms with van der Waals surface area (Å²) in [5, 5.41) is 0. The molecule has 0 bridgehead atoms. The van der Waals surface area contributed by atoms with Crippen molar-refractivity contribution in [2.45, 2.75) is 63.8 Å². The van der Waals surface area contributed by atoms with Crippen LogP contribution in [0.1, 0.15) is 59.8 Å². The van der Waals surface area contributed by atoms with Crippen molar-refractivity contribution in [3.05, 3.63) is 0 Å². The molecule has 3 unspecified atom stereocenters. The third-order valence-electron chi connectivity index (χ3n) is 3.37. The Kier molecular flexibility index (Phi) is 15.4. The molecule has 0 radical (unpaired) electrons. The van der Waals surface area contributed by atoms with Crippen molar-refractivity contribution in [1.29, 1.82) is 0 Å². The first kappa shape index (κ1) is 20.4. The number of halogens is 1. The lowest BCUT2D eigenvalue weighted by molar-refractivity contribution is -0.0549. The molecule has 0 heterocycles. The summed E-state index contributed by atoms with van der Waals surface area (Å²) in [6, 6.07) is 0. The van der Waals surface area contributed by atoms with Crippen LogP contribution in [0.4, 0.5) is 0 Å². The second kappa shape index (κ2) is 14.4. The predicted octanol–water partition coefficient (Wildman–Crippen LogP) is 5.08. The first-order chi connectivity index (χ1) is 9.10. The van der Waals surface area contributed by atoms with Crippen LogP contribution in [0.25, 0.3) is 0 Å². The van der Waals surface area contributed by atoms with Crippen molar-refractivity contribution in [2.75, 3.05) is 20.0 Å². The van der Waals surface area contributed by atoms with E-state index in [1.54, 1.807) is 0 Å². The van der Waals surface area contributed by atoms with Gasteiger partial charge in [-0.2, -0.15) is 0 Å². The van der Waals surface area contributed by atoms with Crippen LogP contribution in [-0.2, 0) is 9.47 Å². The molecule has 0 aromatic carbocycles. The average Bonchev–Trinajstić information content (AvgIpc) is 2.37. The largest absolute Gasteiger partial charge is 0.466 e. The Balaban J connectivity index is 3.40. The van der Waals surface area contributed by atoms with Crippen LogP contribution in [-0.4, -0.2) is 36.5 Å². The van der Waals surface area contributed by atoms with Crippen molar-refractivity contribution in [3.8, 4) is 0 Å². The molecule has 4 heteroatoms. The van der Waals surface area contributed by atoms with Crippen LogP contribution >= 0.6 is 18.9 Å². The minimum Gasteiger partial charge on any atom is -0.355 e. The minimum absolute atomic E-state index is 0.168. The predicted molar refractivity (Wildman–Crippen MR) is 93.1 cm³/mol. The molecule has 19 heavy (non-hydrogen) atoms.